The molecule has 0 N–H and O–H groups in total. The minimum absolute atomic E-state index is 0.221. The number of alkyl halides is 3. The Balaban J connectivity index is 2.33. The molecule has 0 saturated carbocycles. The maximum Gasteiger partial charge on any atom is 0.401 e. The van der Waals surface area contributed by atoms with E-state index >= 15 is 0 Å². The Hall–Kier alpha value is -0.250. The third-order valence-corrected chi connectivity index (χ3v) is 2.67. The second kappa shape index (κ2) is 4.32. The van der Waals surface area contributed by atoms with Crippen LogP contribution in [0.3, 0.4) is 0 Å². The van der Waals surface area contributed by atoms with Crippen LogP contribution in [-0.4, -0.2) is 30.7 Å². The molecular formula is C11H20F3N. The van der Waals surface area contributed by atoms with E-state index in [1.54, 1.807) is 0 Å². The fourth-order valence-electron chi connectivity index (χ4n) is 2.34. The molecule has 1 unspecified atom stereocenters. The average Bonchev–Trinajstić information content (AvgIpc) is 2.28. The van der Waals surface area contributed by atoms with Crippen molar-refractivity contribution in [2.75, 3.05) is 19.6 Å². The minimum Gasteiger partial charge on any atom is -0.295 e. The molecule has 0 spiro atoms. The fourth-order valence-corrected chi connectivity index (χ4v) is 2.34. The number of hydrogen-bond acceptors (Lipinski definition) is 1. The van der Waals surface area contributed by atoms with Gasteiger partial charge in [-0.25, -0.2) is 0 Å². The van der Waals surface area contributed by atoms with Crippen molar-refractivity contribution in [1.29, 1.82) is 0 Å². The molecule has 1 atom stereocenters. The molecule has 0 amide bonds. The van der Waals surface area contributed by atoms with Gasteiger partial charge in [-0.1, -0.05) is 20.8 Å². The molecular weight excluding hydrogens is 203 g/mol. The zero-order chi connectivity index (χ0) is 11.7. The van der Waals surface area contributed by atoms with Crippen molar-refractivity contribution in [3.8, 4) is 0 Å². The van der Waals surface area contributed by atoms with E-state index in [1.807, 2.05) is 0 Å². The average molecular weight is 223 g/mol. The summed E-state index contributed by atoms with van der Waals surface area (Å²) in [6.45, 7) is 6.88. The van der Waals surface area contributed by atoms with Crippen molar-refractivity contribution in [3.05, 3.63) is 0 Å². The predicted molar refractivity (Wildman–Crippen MR) is 54.7 cm³/mol. The first-order chi connectivity index (χ1) is 6.66. The van der Waals surface area contributed by atoms with Crippen molar-refractivity contribution in [2.24, 2.45) is 11.3 Å². The van der Waals surface area contributed by atoms with Gasteiger partial charge < -0.3 is 0 Å². The molecule has 0 aromatic rings. The maximum absolute atomic E-state index is 12.1. The van der Waals surface area contributed by atoms with E-state index in [1.165, 1.54) is 4.90 Å². The number of likely N-dealkylation sites (tertiary alicyclic amines) is 1. The topological polar surface area (TPSA) is 3.24 Å². The standard InChI is InChI=1S/C11H20F3N/c1-10(2,3)6-9-4-5-15(7-9)8-11(12,13)14/h9H,4-8H2,1-3H3. The molecule has 90 valence electrons. The van der Waals surface area contributed by atoms with Crippen molar-refractivity contribution in [2.45, 2.75) is 39.8 Å². The molecule has 0 radical (unpaired) electrons. The molecule has 1 saturated heterocycles. The van der Waals surface area contributed by atoms with Gasteiger partial charge in [0.15, 0.2) is 0 Å². The molecule has 1 heterocycles. The summed E-state index contributed by atoms with van der Waals surface area (Å²) in [5, 5.41) is 0. The number of hydrogen-bond donors (Lipinski definition) is 0. The Morgan fingerprint density at radius 2 is 1.80 bits per heavy atom. The van der Waals surface area contributed by atoms with Gasteiger partial charge in [-0.3, -0.25) is 4.90 Å². The summed E-state index contributed by atoms with van der Waals surface area (Å²) in [5.41, 5.74) is 0.221. The Morgan fingerprint density at radius 1 is 1.20 bits per heavy atom. The predicted octanol–water partition coefficient (Wildman–Crippen LogP) is 3.31. The van der Waals surface area contributed by atoms with Gasteiger partial charge in [-0.15, -0.1) is 0 Å². The summed E-state index contributed by atoms with van der Waals surface area (Å²) < 4.78 is 36.4. The smallest absolute Gasteiger partial charge is 0.295 e. The maximum atomic E-state index is 12.1. The highest BCUT2D eigenvalue weighted by Crippen LogP contribution is 2.31. The second-order valence-corrected chi connectivity index (χ2v) is 5.77. The van der Waals surface area contributed by atoms with E-state index in [2.05, 4.69) is 20.8 Å². The zero-order valence-corrected chi connectivity index (χ0v) is 9.69. The van der Waals surface area contributed by atoms with Crippen LogP contribution >= 0.6 is 0 Å². The lowest BCUT2D eigenvalue weighted by Crippen LogP contribution is -2.32. The summed E-state index contributed by atoms with van der Waals surface area (Å²) in [6, 6.07) is 0. The van der Waals surface area contributed by atoms with Crippen molar-refractivity contribution in [1.82, 2.24) is 4.90 Å². The first kappa shape index (κ1) is 12.8. The normalized spacial score (nSPS) is 24.8. The lowest BCUT2D eigenvalue weighted by Gasteiger charge is -2.23. The van der Waals surface area contributed by atoms with Gasteiger partial charge in [0.2, 0.25) is 0 Å². The van der Waals surface area contributed by atoms with Gasteiger partial charge in [0.1, 0.15) is 0 Å². The minimum atomic E-state index is -4.05. The molecule has 1 aliphatic rings. The highest BCUT2D eigenvalue weighted by Gasteiger charge is 2.35. The molecule has 4 heteroatoms. The van der Waals surface area contributed by atoms with E-state index in [0.29, 0.717) is 19.0 Å². The van der Waals surface area contributed by atoms with Crippen LogP contribution in [0, 0.1) is 11.3 Å². The van der Waals surface area contributed by atoms with Crippen LogP contribution < -0.4 is 0 Å². The highest BCUT2D eigenvalue weighted by atomic mass is 19.4. The Bertz CT molecular complexity index is 183. The summed E-state index contributed by atoms with van der Waals surface area (Å²) in [6.07, 6.45) is -2.12. The van der Waals surface area contributed by atoms with Crippen LogP contribution in [0.4, 0.5) is 13.2 Å². The van der Waals surface area contributed by atoms with E-state index in [4.69, 9.17) is 0 Å². The molecule has 15 heavy (non-hydrogen) atoms. The van der Waals surface area contributed by atoms with Crippen LogP contribution in [-0.2, 0) is 0 Å². The Labute approximate surface area is 89.6 Å². The molecule has 0 aromatic heterocycles. The summed E-state index contributed by atoms with van der Waals surface area (Å²) >= 11 is 0. The molecule has 1 aliphatic heterocycles. The van der Waals surface area contributed by atoms with Gasteiger partial charge >= 0.3 is 6.18 Å². The monoisotopic (exact) mass is 223 g/mol. The molecule has 0 bridgehead atoms. The summed E-state index contributed by atoms with van der Waals surface area (Å²) in [7, 11) is 0. The summed E-state index contributed by atoms with van der Waals surface area (Å²) in [4.78, 5) is 1.52. The van der Waals surface area contributed by atoms with Crippen LogP contribution in [0.25, 0.3) is 0 Å². The van der Waals surface area contributed by atoms with E-state index in [0.717, 1.165) is 12.8 Å². The first-order valence-electron chi connectivity index (χ1n) is 5.45. The molecule has 1 nitrogen and oxygen atoms in total. The van der Waals surface area contributed by atoms with Gasteiger partial charge in [0, 0.05) is 6.54 Å². The van der Waals surface area contributed by atoms with Gasteiger partial charge in [0.25, 0.3) is 0 Å². The SMILES string of the molecule is CC(C)(C)CC1CCN(CC(F)(F)F)C1. The van der Waals surface area contributed by atoms with Crippen molar-refractivity contribution >= 4 is 0 Å². The van der Waals surface area contributed by atoms with Crippen LogP contribution in [0.15, 0.2) is 0 Å². The number of nitrogens with zero attached hydrogens (tertiary/aromatic N) is 1. The molecule has 0 aliphatic carbocycles. The van der Waals surface area contributed by atoms with E-state index < -0.39 is 12.7 Å². The Morgan fingerprint density at radius 3 is 2.27 bits per heavy atom. The number of rotatable bonds is 2. The van der Waals surface area contributed by atoms with Crippen molar-refractivity contribution < 1.29 is 13.2 Å². The quantitative estimate of drug-likeness (QED) is 0.694. The fraction of sp³-hybridized carbons (Fsp3) is 1.00. The lowest BCUT2D eigenvalue weighted by atomic mass is 9.84. The largest absolute Gasteiger partial charge is 0.401 e. The first-order valence-corrected chi connectivity index (χ1v) is 5.45. The Kier molecular flexibility index (Phi) is 3.69. The van der Waals surface area contributed by atoms with Gasteiger partial charge in [-0.2, -0.15) is 13.2 Å². The zero-order valence-electron chi connectivity index (χ0n) is 9.69. The van der Waals surface area contributed by atoms with E-state index in [9.17, 15) is 13.2 Å². The molecule has 1 fully saturated rings. The summed E-state index contributed by atoms with van der Waals surface area (Å²) in [5.74, 6) is 0.437. The molecule has 0 aromatic carbocycles. The lowest BCUT2D eigenvalue weighted by molar-refractivity contribution is -0.143. The number of halogens is 3. The second-order valence-electron chi connectivity index (χ2n) is 5.77. The van der Waals surface area contributed by atoms with Crippen LogP contribution in [0.1, 0.15) is 33.6 Å². The third-order valence-electron chi connectivity index (χ3n) is 2.67. The van der Waals surface area contributed by atoms with Crippen LogP contribution in [0.2, 0.25) is 0 Å². The van der Waals surface area contributed by atoms with Crippen molar-refractivity contribution in [3.63, 3.8) is 0 Å². The van der Waals surface area contributed by atoms with Gasteiger partial charge in [-0.05, 0) is 30.7 Å². The third kappa shape index (κ3) is 5.40. The van der Waals surface area contributed by atoms with Crippen LogP contribution in [0.5, 0.6) is 0 Å². The molecule has 1 rings (SSSR count). The van der Waals surface area contributed by atoms with Gasteiger partial charge in [0.05, 0.1) is 6.54 Å². The highest BCUT2D eigenvalue weighted by molar-refractivity contribution is 4.80. The van der Waals surface area contributed by atoms with E-state index in [-0.39, 0.29) is 5.41 Å².